The van der Waals surface area contributed by atoms with E-state index in [1.165, 1.54) is 0 Å². The highest BCUT2D eigenvalue weighted by Crippen LogP contribution is 2.34. The minimum Gasteiger partial charge on any atom is -0.598 e. The summed E-state index contributed by atoms with van der Waals surface area (Å²) in [5.41, 5.74) is 4.01. The van der Waals surface area contributed by atoms with E-state index in [-0.39, 0.29) is 0 Å². The predicted molar refractivity (Wildman–Crippen MR) is 110 cm³/mol. The number of carbonyl (C=O) groups is 1. The van der Waals surface area contributed by atoms with Crippen LogP contribution in [0.3, 0.4) is 0 Å². The third kappa shape index (κ3) is 4.71. The number of fused-ring (bicyclic) bond motifs is 1. The summed E-state index contributed by atoms with van der Waals surface area (Å²) in [6.45, 7) is 5.30. The van der Waals surface area contributed by atoms with Crippen molar-refractivity contribution >= 4 is 33.3 Å². The number of aromatic nitrogens is 1. The lowest BCUT2D eigenvalue weighted by Gasteiger charge is -2.19. The number of pyridine rings is 1. The van der Waals surface area contributed by atoms with Gasteiger partial charge in [-0.05, 0) is 37.1 Å². The molecule has 144 valence electrons. The second-order valence-electron chi connectivity index (χ2n) is 6.40. The number of unbranched alkanes of at least 4 members (excludes halogenated alkanes) is 1. The van der Waals surface area contributed by atoms with Gasteiger partial charge in [-0.2, -0.15) is 0 Å². The third-order valence-electron chi connectivity index (χ3n) is 4.44. The molecule has 0 bridgehead atoms. The lowest BCUT2D eigenvalue weighted by atomic mass is 10.0. The number of nitrogens with zero attached hydrogens (tertiary/aromatic N) is 2. The Morgan fingerprint density at radius 2 is 2.15 bits per heavy atom. The Bertz CT molecular complexity index is 831. The zero-order valence-electron chi connectivity index (χ0n) is 15.5. The van der Waals surface area contributed by atoms with Crippen LogP contribution in [-0.4, -0.2) is 32.2 Å². The molecule has 1 aliphatic rings. The molecule has 0 radical (unpaired) electrons. The van der Waals surface area contributed by atoms with Gasteiger partial charge in [0.25, 0.3) is 0 Å². The fourth-order valence-corrected chi connectivity index (χ4v) is 4.84. The van der Waals surface area contributed by atoms with Crippen LogP contribution >= 0.6 is 15.9 Å². The number of halogens is 1. The van der Waals surface area contributed by atoms with Gasteiger partial charge in [-0.25, -0.2) is 9.78 Å². The smallest absolute Gasteiger partial charge is 0.356 e. The lowest BCUT2D eigenvalue weighted by Crippen LogP contribution is -2.28. The van der Waals surface area contributed by atoms with Crippen molar-refractivity contribution in [1.29, 1.82) is 0 Å². The molecule has 0 aliphatic carbocycles. The first-order valence-corrected chi connectivity index (χ1v) is 11.2. The first-order chi connectivity index (χ1) is 13.0. The third-order valence-corrected chi connectivity index (χ3v) is 6.41. The summed E-state index contributed by atoms with van der Waals surface area (Å²) in [6, 6.07) is 9.63. The van der Waals surface area contributed by atoms with Crippen LogP contribution in [0.5, 0.6) is 0 Å². The Balaban J connectivity index is 1.99. The largest absolute Gasteiger partial charge is 0.598 e. The first-order valence-electron chi connectivity index (χ1n) is 9.12. The molecular formula is C20H23BrN2O3S. The van der Waals surface area contributed by atoms with E-state index in [0.717, 1.165) is 39.7 Å². The second-order valence-corrected chi connectivity index (χ2v) is 8.89. The molecule has 0 saturated heterocycles. The molecule has 0 N–H and O–H groups in total. The van der Waals surface area contributed by atoms with E-state index in [0.29, 0.717) is 31.1 Å². The van der Waals surface area contributed by atoms with Gasteiger partial charge in [0, 0.05) is 27.0 Å². The maximum atomic E-state index is 12.6. The van der Waals surface area contributed by atoms with Crippen molar-refractivity contribution in [1.82, 2.24) is 9.29 Å². The highest BCUT2D eigenvalue weighted by atomic mass is 79.9. The summed E-state index contributed by atoms with van der Waals surface area (Å²) >= 11 is 2.47. The molecule has 27 heavy (non-hydrogen) atoms. The topological polar surface area (TPSA) is 65.5 Å². The summed E-state index contributed by atoms with van der Waals surface area (Å²) < 4.78 is 20.7. The van der Waals surface area contributed by atoms with Crippen molar-refractivity contribution in [3.05, 3.63) is 51.6 Å². The number of carbonyl (C=O) groups excluding carboxylic acids is 1. The number of esters is 1. The Hall–Kier alpha value is -1.41. The summed E-state index contributed by atoms with van der Waals surface area (Å²) in [4.78, 5) is 16.9. The molecule has 0 amide bonds. The van der Waals surface area contributed by atoms with Gasteiger partial charge in [-0.1, -0.05) is 41.4 Å². The van der Waals surface area contributed by atoms with Crippen molar-refractivity contribution in [2.45, 2.75) is 39.8 Å². The molecule has 0 unspecified atom stereocenters. The average Bonchev–Trinajstić information content (AvgIpc) is 3.09. The number of ether oxygens (including phenoxy) is 1. The van der Waals surface area contributed by atoms with Crippen LogP contribution in [0.2, 0.25) is 0 Å². The Morgan fingerprint density at radius 1 is 1.33 bits per heavy atom. The van der Waals surface area contributed by atoms with Crippen LogP contribution in [-0.2, 0) is 29.2 Å². The molecule has 0 saturated carbocycles. The van der Waals surface area contributed by atoms with Gasteiger partial charge in [0.05, 0.1) is 25.4 Å². The Morgan fingerprint density at radius 3 is 2.85 bits per heavy atom. The quantitative estimate of drug-likeness (QED) is 0.459. The second kappa shape index (κ2) is 9.19. The number of hydrogen-bond donors (Lipinski definition) is 0. The molecule has 3 rings (SSSR count). The van der Waals surface area contributed by atoms with Crippen LogP contribution in [0.25, 0.3) is 11.3 Å². The lowest BCUT2D eigenvalue weighted by molar-refractivity contribution is 0.0519. The highest BCUT2D eigenvalue weighted by Gasteiger charge is 2.32. The van der Waals surface area contributed by atoms with Gasteiger partial charge in [-0.15, -0.1) is 4.31 Å². The predicted octanol–water partition coefficient (Wildman–Crippen LogP) is 4.47. The van der Waals surface area contributed by atoms with E-state index in [1.54, 1.807) is 13.0 Å². The first kappa shape index (κ1) is 20.3. The number of hydrogen-bond acceptors (Lipinski definition) is 5. The monoisotopic (exact) mass is 450 g/mol. The number of rotatable bonds is 7. The van der Waals surface area contributed by atoms with Crippen molar-refractivity contribution in [2.24, 2.45) is 0 Å². The van der Waals surface area contributed by atoms with E-state index in [2.05, 4.69) is 27.8 Å². The van der Waals surface area contributed by atoms with Gasteiger partial charge >= 0.3 is 5.97 Å². The normalized spacial score (nSPS) is 14.8. The van der Waals surface area contributed by atoms with E-state index in [1.807, 2.05) is 28.6 Å². The molecule has 7 heteroatoms. The van der Waals surface area contributed by atoms with E-state index in [4.69, 9.17) is 4.74 Å². The van der Waals surface area contributed by atoms with Crippen LogP contribution in [0.1, 0.15) is 48.3 Å². The van der Waals surface area contributed by atoms with Crippen molar-refractivity contribution < 1.29 is 14.1 Å². The van der Waals surface area contributed by atoms with Crippen molar-refractivity contribution in [3.8, 4) is 11.3 Å². The minimum atomic E-state index is -1.03. The zero-order valence-corrected chi connectivity index (χ0v) is 17.9. The van der Waals surface area contributed by atoms with Crippen LogP contribution in [0.15, 0.2) is 34.8 Å². The molecule has 1 aromatic heterocycles. The average molecular weight is 451 g/mol. The van der Waals surface area contributed by atoms with E-state index in [9.17, 15) is 9.35 Å². The van der Waals surface area contributed by atoms with Gasteiger partial charge < -0.3 is 9.29 Å². The minimum absolute atomic E-state index is 0.298. The molecule has 0 fully saturated rings. The fourth-order valence-electron chi connectivity index (χ4n) is 3.09. The molecule has 2 aromatic rings. The van der Waals surface area contributed by atoms with Crippen molar-refractivity contribution in [3.63, 3.8) is 0 Å². The molecule has 1 atom stereocenters. The molecule has 5 nitrogen and oxygen atoms in total. The van der Waals surface area contributed by atoms with Gasteiger partial charge in [0.15, 0.2) is 0 Å². The van der Waals surface area contributed by atoms with Crippen LogP contribution in [0, 0.1) is 0 Å². The van der Waals surface area contributed by atoms with Crippen LogP contribution < -0.4 is 0 Å². The van der Waals surface area contributed by atoms with Crippen molar-refractivity contribution in [2.75, 3.05) is 12.4 Å². The summed E-state index contributed by atoms with van der Waals surface area (Å²) in [6.07, 6.45) is 1.95. The Labute approximate surface area is 171 Å². The SMILES string of the molecule is CCCC[S@+]([O-])N1Cc2cc(C(=O)OCC)nc(-c3cccc(Br)c3)c2C1. The summed E-state index contributed by atoms with van der Waals surface area (Å²) in [7, 11) is 0. The molecule has 2 heterocycles. The number of benzene rings is 1. The highest BCUT2D eigenvalue weighted by molar-refractivity contribution is 9.10. The summed E-state index contributed by atoms with van der Waals surface area (Å²) in [5, 5.41) is 0. The maximum absolute atomic E-state index is 12.6. The standard InChI is InChI=1S/C20H23BrN2O3S/c1-3-5-9-27(25)23-12-15-11-18(20(24)26-4-2)22-19(17(15)13-23)14-7-6-8-16(21)10-14/h6-8,10-11H,3-5,9,12-13H2,1-2H3/t27-/m0/s1. The van der Waals surface area contributed by atoms with Crippen LogP contribution in [0.4, 0.5) is 0 Å². The fraction of sp³-hybridized carbons (Fsp3) is 0.400. The van der Waals surface area contributed by atoms with Gasteiger partial charge in [-0.3, -0.25) is 0 Å². The van der Waals surface area contributed by atoms with Gasteiger partial charge in [0.2, 0.25) is 0 Å². The zero-order chi connectivity index (χ0) is 19.4. The maximum Gasteiger partial charge on any atom is 0.356 e. The Kier molecular flexibility index (Phi) is 6.92. The van der Waals surface area contributed by atoms with E-state index < -0.39 is 17.3 Å². The molecular weight excluding hydrogens is 428 g/mol. The molecule has 1 aliphatic heterocycles. The molecule has 0 spiro atoms. The molecule has 1 aromatic carbocycles. The summed E-state index contributed by atoms with van der Waals surface area (Å²) in [5.74, 6) is 0.233. The van der Waals surface area contributed by atoms with Gasteiger partial charge in [0.1, 0.15) is 11.4 Å². The van der Waals surface area contributed by atoms with E-state index >= 15 is 0 Å².